The third-order valence-corrected chi connectivity index (χ3v) is 2.94. The molecule has 0 radical (unpaired) electrons. The van der Waals surface area contributed by atoms with Crippen LogP contribution in [-0.2, 0) is 11.2 Å². The Hall–Kier alpha value is -1.13. The minimum Gasteiger partial charge on any atom is -0.364 e. The molecule has 1 unspecified atom stereocenters. The molecule has 1 aromatic rings. The zero-order chi connectivity index (χ0) is 11.5. The van der Waals surface area contributed by atoms with E-state index in [1.807, 2.05) is 6.92 Å². The summed E-state index contributed by atoms with van der Waals surface area (Å²) >= 11 is 0. The first kappa shape index (κ1) is 11.4. The summed E-state index contributed by atoms with van der Waals surface area (Å²) in [5.74, 6) is 0.113. The van der Waals surface area contributed by atoms with E-state index in [0.29, 0.717) is 24.2 Å². The first-order valence-corrected chi connectivity index (χ1v) is 5.77. The number of hydrogen-bond acceptors (Lipinski definition) is 3. The zero-order valence-electron chi connectivity index (χ0n) is 9.45. The first-order valence-electron chi connectivity index (χ1n) is 5.77. The molecule has 0 aromatic carbocycles. The topological polar surface area (TPSA) is 62.3 Å². The smallest absolute Gasteiger partial charge is 0.183 e. The number of aromatic nitrogens is 1. The summed E-state index contributed by atoms with van der Waals surface area (Å²) in [4.78, 5) is 15.0. The second kappa shape index (κ2) is 4.80. The molecule has 88 valence electrons. The number of aliphatic hydroxyl groups excluding tert-OH is 1. The largest absolute Gasteiger partial charge is 0.364 e. The molecule has 16 heavy (non-hydrogen) atoms. The molecule has 1 atom stereocenters. The van der Waals surface area contributed by atoms with E-state index in [2.05, 4.69) is 4.98 Å². The highest BCUT2D eigenvalue weighted by Gasteiger charge is 2.24. The van der Waals surface area contributed by atoms with E-state index in [0.717, 1.165) is 25.0 Å². The quantitative estimate of drug-likeness (QED) is 0.608. The molecular weight excluding hydrogens is 206 g/mol. The van der Waals surface area contributed by atoms with Crippen LogP contribution < -0.4 is 0 Å². The van der Waals surface area contributed by atoms with Crippen molar-refractivity contribution in [2.75, 3.05) is 6.61 Å². The van der Waals surface area contributed by atoms with Crippen molar-refractivity contribution in [3.63, 3.8) is 0 Å². The maximum absolute atomic E-state index is 11.9. The molecule has 0 spiro atoms. The number of hydrogen-bond donors (Lipinski definition) is 2. The maximum atomic E-state index is 11.9. The fourth-order valence-corrected chi connectivity index (χ4v) is 2.16. The second-order valence-electron chi connectivity index (χ2n) is 4.04. The third kappa shape index (κ3) is 2.03. The lowest BCUT2D eigenvalue weighted by Crippen LogP contribution is -2.08. The van der Waals surface area contributed by atoms with Crippen molar-refractivity contribution in [2.45, 2.75) is 38.9 Å². The number of aryl methyl sites for hydroxylation is 1. The SMILES string of the molecule is CCOC(O)c1c[nH]c2c1C(=O)CCCC2. The van der Waals surface area contributed by atoms with Crippen LogP contribution in [0.4, 0.5) is 0 Å². The highest BCUT2D eigenvalue weighted by Crippen LogP contribution is 2.27. The van der Waals surface area contributed by atoms with Crippen molar-refractivity contribution in [3.8, 4) is 0 Å². The summed E-state index contributed by atoms with van der Waals surface area (Å²) < 4.78 is 5.12. The summed E-state index contributed by atoms with van der Waals surface area (Å²) in [6, 6.07) is 0. The van der Waals surface area contributed by atoms with Crippen molar-refractivity contribution in [1.82, 2.24) is 4.98 Å². The Bertz CT molecular complexity index is 384. The molecule has 0 fully saturated rings. The summed E-state index contributed by atoms with van der Waals surface area (Å²) in [6.45, 7) is 2.24. The fraction of sp³-hybridized carbons (Fsp3) is 0.583. The number of nitrogens with one attached hydrogen (secondary N) is 1. The Morgan fingerprint density at radius 1 is 1.50 bits per heavy atom. The van der Waals surface area contributed by atoms with Crippen molar-refractivity contribution >= 4 is 5.78 Å². The number of H-pyrrole nitrogens is 1. The third-order valence-electron chi connectivity index (χ3n) is 2.94. The molecule has 0 saturated heterocycles. The zero-order valence-corrected chi connectivity index (χ0v) is 9.45. The van der Waals surface area contributed by atoms with E-state index in [4.69, 9.17) is 4.74 Å². The van der Waals surface area contributed by atoms with Gasteiger partial charge in [0.05, 0.1) is 0 Å². The van der Waals surface area contributed by atoms with Crippen molar-refractivity contribution < 1.29 is 14.6 Å². The molecule has 0 bridgehead atoms. The number of Topliss-reactive ketones (excluding diaryl/α,β-unsaturated/α-hetero) is 1. The minimum absolute atomic E-state index is 0.113. The minimum atomic E-state index is -0.993. The van der Waals surface area contributed by atoms with Crippen LogP contribution in [0.3, 0.4) is 0 Å². The summed E-state index contributed by atoms with van der Waals surface area (Å²) in [6.07, 6.45) is 4.08. The average Bonchev–Trinajstić information content (AvgIpc) is 2.60. The van der Waals surface area contributed by atoms with Gasteiger partial charge in [0.15, 0.2) is 12.1 Å². The van der Waals surface area contributed by atoms with E-state index >= 15 is 0 Å². The maximum Gasteiger partial charge on any atom is 0.183 e. The molecule has 1 aliphatic rings. The van der Waals surface area contributed by atoms with Gasteiger partial charge in [0.2, 0.25) is 0 Å². The number of carbonyl (C=O) groups is 1. The monoisotopic (exact) mass is 223 g/mol. The molecule has 0 amide bonds. The van der Waals surface area contributed by atoms with E-state index in [1.165, 1.54) is 0 Å². The highest BCUT2D eigenvalue weighted by atomic mass is 16.6. The van der Waals surface area contributed by atoms with Crippen LogP contribution in [0, 0.1) is 0 Å². The van der Waals surface area contributed by atoms with Crippen LogP contribution >= 0.6 is 0 Å². The van der Waals surface area contributed by atoms with Crippen LogP contribution in [0.5, 0.6) is 0 Å². The molecular formula is C12H17NO3. The predicted molar refractivity (Wildman–Crippen MR) is 59.3 cm³/mol. The molecule has 1 aliphatic carbocycles. The van der Waals surface area contributed by atoms with Gasteiger partial charge in [0.1, 0.15) is 0 Å². The lowest BCUT2D eigenvalue weighted by Gasteiger charge is -2.10. The Balaban J connectivity index is 2.33. The van der Waals surface area contributed by atoms with Crippen LogP contribution in [0.2, 0.25) is 0 Å². The average molecular weight is 223 g/mol. The van der Waals surface area contributed by atoms with Gasteiger partial charge in [-0.3, -0.25) is 4.79 Å². The first-order chi connectivity index (χ1) is 7.74. The van der Waals surface area contributed by atoms with Gasteiger partial charge in [-0.2, -0.15) is 0 Å². The predicted octanol–water partition coefficient (Wildman–Crippen LogP) is 1.95. The molecule has 1 aromatic heterocycles. The Morgan fingerprint density at radius 2 is 2.25 bits per heavy atom. The van der Waals surface area contributed by atoms with Gasteiger partial charge in [0, 0.05) is 36.0 Å². The second-order valence-corrected chi connectivity index (χ2v) is 4.04. The normalized spacial score (nSPS) is 18.0. The van der Waals surface area contributed by atoms with E-state index in [1.54, 1.807) is 6.20 Å². The molecule has 0 aliphatic heterocycles. The van der Waals surface area contributed by atoms with Gasteiger partial charge in [-0.05, 0) is 26.2 Å². The van der Waals surface area contributed by atoms with Gasteiger partial charge in [-0.1, -0.05) is 0 Å². The standard InChI is InChI=1S/C12H17NO3/c1-2-16-12(15)8-7-13-9-5-3-4-6-10(14)11(8)9/h7,12-13,15H,2-6H2,1H3. The number of aromatic amines is 1. The molecule has 2 rings (SSSR count). The number of carbonyl (C=O) groups excluding carboxylic acids is 1. The van der Waals surface area contributed by atoms with Crippen molar-refractivity contribution in [1.29, 1.82) is 0 Å². The lowest BCUT2D eigenvalue weighted by atomic mass is 10.0. The lowest BCUT2D eigenvalue weighted by molar-refractivity contribution is -0.0981. The molecule has 0 saturated carbocycles. The summed E-state index contributed by atoms with van der Waals surface area (Å²) in [7, 11) is 0. The molecule has 4 heteroatoms. The Labute approximate surface area is 94.6 Å². The highest BCUT2D eigenvalue weighted by molar-refractivity contribution is 5.99. The van der Waals surface area contributed by atoms with Gasteiger partial charge in [-0.25, -0.2) is 0 Å². The summed E-state index contributed by atoms with van der Waals surface area (Å²) in [5, 5.41) is 9.78. The number of rotatable bonds is 3. The van der Waals surface area contributed by atoms with Crippen LogP contribution in [0.1, 0.15) is 54.1 Å². The summed E-state index contributed by atoms with van der Waals surface area (Å²) in [5.41, 5.74) is 2.18. The van der Waals surface area contributed by atoms with Crippen molar-refractivity contribution in [2.24, 2.45) is 0 Å². The van der Waals surface area contributed by atoms with Gasteiger partial charge in [0.25, 0.3) is 0 Å². The molecule has 1 heterocycles. The van der Waals surface area contributed by atoms with E-state index in [9.17, 15) is 9.90 Å². The van der Waals surface area contributed by atoms with Gasteiger partial charge >= 0.3 is 0 Å². The van der Waals surface area contributed by atoms with E-state index in [-0.39, 0.29) is 5.78 Å². The number of aliphatic hydroxyl groups is 1. The van der Waals surface area contributed by atoms with Gasteiger partial charge in [-0.15, -0.1) is 0 Å². The molecule has 4 nitrogen and oxygen atoms in total. The Morgan fingerprint density at radius 3 is 3.00 bits per heavy atom. The number of ketones is 1. The fourth-order valence-electron chi connectivity index (χ4n) is 2.16. The molecule has 2 N–H and O–H groups in total. The number of ether oxygens (including phenoxy) is 1. The Kier molecular flexibility index (Phi) is 3.41. The van der Waals surface area contributed by atoms with Gasteiger partial charge < -0.3 is 14.8 Å². The van der Waals surface area contributed by atoms with Crippen molar-refractivity contribution in [3.05, 3.63) is 23.0 Å². The van der Waals surface area contributed by atoms with Crippen LogP contribution in [0.15, 0.2) is 6.20 Å². The van der Waals surface area contributed by atoms with Crippen LogP contribution in [0.25, 0.3) is 0 Å². The van der Waals surface area contributed by atoms with E-state index < -0.39 is 6.29 Å². The number of fused-ring (bicyclic) bond motifs is 1. The van der Waals surface area contributed by atoms with Crippen LogP contribution in [-0.4, -0.2) is 22.5 Å².